The van der Waals surface area contributed by atoms with Gasteiger partial charge in [0.05, 0.1) is 0 Å². The Morgan fingerprint density at radius 2 is 1.75 bits per heavy atom. The van der Waals surface area contributed by atoms with E-state index in [9.17, 15) is 13.2 Å². The van der Waals surface area contributed by atoms with Crippen molar-refractivity contribution in [2.75, 3.05) is 0 Å². The van der Waals surface area contributed by atoms with E-state index in [1.165, 1.54) is 12.5 Å². The zero-order chi connectivity index (χ0) is 12.6. The van der Waals surface area contributed by atoms with Crippen molar-refractivity contribution in [3.8, 4) is 0 Å². The van der Waals surface area contributed by atoms with Crippen LogP contribution < -0.4 is 0 Å². The van der Waals surface area contributed by atoms with Crippen LogP contribution in [0.2, 0.25) is 0 Å². The first-order chi connectivity index (χ1) is 7.43. The van der Waals surface area contributed by atoms with Gasteiger partial charge < -0.3 is 0 Å². The first-order valence-corrected chi connectivity index (χ1v) is 5.49. The highest BCUT2D eigenvalue weighted by Gasteiger charge is 1.96. The van der Waals surface area contributed by atoms with E-state index in [1.807, 2.05) is 18.2 Å². The van der Waals surface area contributed by atoms with E-state index < -0.39 is 16.4 Å². The molecule has 0 aliphatic heterocycles. The van der Waals surface area contributed by atoms with Gasteiger partial charge in [-0.2, -0.15) is 8.42 Å². The number of hydrogen-bond acceptors (Lipinski definition) is 3. The number of carbonyl (C=O) groups is 1. The maximum atomic E-state index is 10.3. The van der Waals surface area contributed by atoms with Gasteiger partial charge in [0.1, 0.15) is 0 Å². The molecule has 1 rings (SSSR count). The van der Waals surface area contributed by atoms with E-state index >= 15 is 0 Å². The second-order valence-corrected chi connectivity index (χ2v) is 3.67. The highest BCUT2D eigenvalue weighted by molar-refractivity contribution is 7.62. The molecule has 0 saturated carbocycles. The van der Waals surface area contributed by atoms with Crippen molar-refractivity contribution in [1.29, 1.82) is 0 Å². The Kier molecular flexibility index (Phi) is 6.71. The summed E-state index contributed by atoms with van der Waals surface area (Å²) in [6, 6.07) is 10.3. The highest BCUT2D eigenvalue weighted by Crippen LogP contribution is 1.92. The van der Waals surface area contributed by atoms with Gasteiger partial charge >= 0.3 is 10.5 Å². The molecule has 0 aliphatic rings. The average molecular weight is 239 g/mol. The summed E-state index contributed by atoms with van der Waals surface area (Å²) in [6.45, 7) is 6.66. The fourth-order valence-corrected chi connectivity index (χ4v) is 0.971. The average Bonchev–Trinajstić information content (AvgIpc) is 2.18. The molecule has 0 heterocycles. The summed E-state index contributed by atoms with van der Waals surface area (Å²) in [4.78, 5) is 10.3. The molecule has 1 aromatic rings. The molecule has 0 fully saturated rings. The molecule has 0 bridgehead atoms. The zero-order valence-corrected chi connectivity index (χ0v) is 9.99. The van der Waals surface area contributed by atoms with Gasteiger partial charge in [0.25, 0.3) is 5.91 Å². The predicted octanol–water partition coefficient (Wildman–Crippen LogP) is 2.15. The number of carbonyl (C=O) groups excluding carboxylic acids is 1. The molecule has 0 unspecified atom stereocenters. The lowest BCUT2D eigenvalue weighted by Gasteiger charge is -1.82. The third-order valence-corrected chi connectivity index (χ3v) is 1.78. The number of aryl methyl sites for hydroxylation is 1. The Balaban J connectivity index is 0.000000288. The lowest BCUT2D eigenvalue weighted by molar-refractivity contribution is -0.114. The molecule has 1 aromatic carbocycles. The minimum absolute atomic E-state index is 0.110. The first kappa shape index (κ1) is 14.2. The molecule has 0 aliphatic carbocycles. The van der Waals surface area contributed by atoms with E-state index in [0.29, 0.717) is 0 Å². The van der Waals surface area contributed by atoms with Crippen LogP contribution in [0, 0.1) is 6.92 Å². The summed E-state index contributed by atoms with van der Waals surface area (Å²) >= 11 is 0. The Hall–Kier alpha value is -1.75. The van der Waals surface area contributed by atoms with Crippen LogP contribution in [0.5, 0.6) is 0 Å². The predicted molar refractivity (Wildman–Crippen MR) is 62.3 cm³/mol. The third kappa shape index (κ3) is 7.64. The molecule has 0 N–H and O–H groups in total. The second kappa shape index (κ2) is 7.53. The fraction of sp³-hybridized carbons (Fsp3) is 0.182. The van der Waals surface area contributed by atoms with Gasteiger partial charge in [0.2, 0.25) is 0 Å². The summed E-state index contributed by atoms with van der Waals surface area (Å²) in [5.74, 6) is -0.802. The molecular weight excluding hydrogens is 226 g/mol. The lowest BCUT2D eigenvalue weighted by atomic mass is 10.2. The van der Waals surface area contributed by atoms with E-state index in [-0.39, 0.29) is 5.57 Å². The van der Waals surface area contributed by atoms with Crippen molar-refractivity contribution in [3.63, 3.8) is 0 Å². The van der Waals surface area contributed by atoms with Crippen molar-refractivity contribution >= 4 is 16.4 Å². The monoisotopic (exact) mass is 239 g/mol. The van der Waals surface area contributed by atoms with Gasteiger partial charge in [-0.15, -0.1) is 0 Å². The summed E-state index contributed by atoms with van der Waals surface area (Å²) in [5, 5.41) is 0. The summed E-state index contributed by atoms with van der Waals surface area (Å²) in [6.07, 6.45) is 0. The molecule has 16 heavy (non-hydrogen) atoms. The minimum Gasteiger partial charge on any atom is -0.266 e. The normalized spacial score (nSPS) is 8.38. The van der Waals surface area contributed by atoms with E-state index in [1.54, 1.807) is 0 Å². The van der Waals surface area contributed by atoms with Crippen molar-refractivity contribution in [2.45, 2.75) is 13.8 Å². The minimum atomic E-state index is -2.65. The maximum absolute atomic E-state index is 10.3. The first-order valence-electron chi connectivity index (χ1n) is 4.46. The van der Waals surface area contributed by atoms with Gasteiger partial charge in [-0.3, -0.25) is 4.79 Å². The van der Waals surface area contributed by atoms with Gasteiger partial charge in [-0.05, 0) is 13.8 Å². The van der Waals surface area contributed by atoms with Crippen LogP contribution in [0.1, 0.15) is 12.5 Å². The van der Waals surface area contributed by atoms with Crippen molar-refractivity contribution in [2.24, 2.45) is 4.36 Å². The third-order valence-electron chi connectivity index (χ3n) is 1.46. The maximum Gasteiger partial charge on any atom is 0.319 e. The number of rotatable bonds is 1. The Bertz CT molecular complexity index is 481. The van der Waals surface area contributed by atoms with Gasteiger partial charge in [-0.25, -0.2) is 0 Å². The molecule has 0 atom stereocenters. The molecule has 0 aromatic heterocycles. The van der Waals surface area contributed by atoms with Crippen LogP contribution in [0.15, 0.2) is 46.8 Å². The summed E-state index contributed by atoms with van der Waals surface area (Å²) < 4.78 is 22.0. The molecule has 0 spiro atoms. The molecule has 0 radical (unpaired) electrons. The number of amides is 1. The molecule has 4 nitrogen and oxygen atoms in total. The zero-order valence-electron chi connectivity index (χ0n) is 9.17. The highest BCUT2D eigenvalue weighted by atomic mass is 32.2. The van der Waals surface area contributed by atoms with E-state index in [4.69, 9.17) is 0 Å². The van der Waals surface area contributed by atoms with E-state index in [2.05, 4.69) is 30.0 Å². The molecule has 1 amide bonds. The largest absolute Gasteiger partial charge is 0.319 e. The lowest BCUT2D eigenvalue weighted by Crippen LogP contribution is -1.90. The standard InChI is InChI=1S/C7H8.C4H5NO3S/c1-7-5-3-2-4-6-7;1-3(2)4(6)5-9(7)8/h2-6H,1H3;1H2,2H3. The van der Waals surface area contributed by atoms with Crippen LogP contribution >= 0.6 is 0 Å². The number of benzene rings is 1. The topological polar surface area (TPSA) is 63.6 Å². The van der Waals surface area contributed by atoms with Gasteiger partial charge in [-0.1, -0.05) is 46.8 Å². The van der Waals surface area contributed by atoms with Gasteiger partial charge in [0, 0.05) is 5.57 Å². The number of nitrogens with zero attached hydrogens (tertiary/aromatic N) is 1. The smallest absolute Gasteiger partial charge is 0.266 e. The van der Waals surface area contributed by atoms with Crippen LogP contribution in [-0.4, -0.2) is 14.3 Å². The van der Waals surface area contributed by atoms with Crippen LogP contribution in [0.25, 0.3) is 0 Å². The van der Waals surface area contributed by atoms with Crippen molar-refractivity contribution in [3.05, 3.63) is 48.0 Å². The Morgan fingerprint density at radius 1 is 1.25 bits per heavy atom. The molecule has 5 heteroatoms. The quantitative estimate of drug-likeness (QED) is 0.705. The van der Waals surface area contributed by atoms with Crippen LogP contribution in [0.4, 0.5) is 0 Å². The van der Waals surface area contributed by atoms with Crippen molar-refractivity contribution < 1.29 is 13.2 Å². The van der Waals surface area contributed by atoms with Crippen molar-refractivity contribution in [1.82, 2.24) is 0 Å². The fourth-order valence-electron chi connectivity index (χ4n) is 0.680. The number of hydrogen-bond donors (Lipinski definition) is 0. The summed E-state index contributed by atoms with van der Waals surface area (Å²) in [7, 11) is -2.65. The van der Waals surface area contributed by atoms with Gasteiger partial charge in [0.15, 0.2) is 0 Å². The van der Waals surface area contributed by atoms with Crippen LogP contribution in [0.3, 0.4) is 0 Å². The second-order valence-electron chi connectivity index (χ2n) is 3.05. The Morgan fingerprint density at radius 3 is 1.94 bits per heavy atom. The van der Waals surface area contributed by atoms with Crippen LogP contribution in [-0.2, 0) is 15.3 Å². The molecular formula is C11H13NO3S. The van der Waals surface area contributed by atoms with E-state index in [0.717, 1.165) is 0 Å². The molecule has 0 saturated heterocycles. The Labute approximate surface area is 96.3 Å². The molecule has 86 valence electrons. The SMILES string of the molecule is C=C(C)C(=O)N=S(=O)=O.Cc1ccccc1. The summed E-state index contributed by atoms with van der Waals surface area (Å²) in [5.41, 5.74) is 1.43.